The molecule has 2 heterocycles. The summed E-state index contributed by atoms with van der Waals surface area (Å²) in [5.74, 6) is 1.26. The summed E-state index contributed by atoms with van der Waals surface area (Å²) >= 11 is 0. The molecule has 39 heavy (non-hydrogen) atoms. The van der Waals surface area contributed by atoms with E-state index in [1.54, 1.807) is 37.1 Å². The number of hydrogen-bond donors (Lipinski definition) is 1. The van der Waals surface area contributed by atoms with Gasteiger partial charge in [-0.3, -0.25) is 9.69 Å². The van der Waals surface area contributed by atoms with Crippen LogP contribution in [0, 0.1) is 5.82 Å². The highest BCUT2D eigenvalue weighted by molar-refractivity contribution is 5.83. The molecule has 0 unspecified atom stereocenters. The van der Waals surface area contributed by atoms with Gasteiger partial charge < -0.3 is 14.5 Å². The lowest BCUT2D eigenvalue weighted by Gasteiger charge is -2.30. The van der Waals surface area contributed by atoms with Crippen LogP contribution in [0.5, 0.6) is 11.5 Å². The molecule has 10 heteroatoms. The molecule has 0 spiro atoms. The Kier molecular flexibility index (Phi) is 7.64. The maximum atomic E-state index is 13.6. The zero-order chi connectivity index (χ0) is 27.4. The van der Waals surface area contributed by atoms with Crippen LogP contribution in [-0.4, -0.2) is 50.9 Å². The van der Waals surface area contributed by atoms with E-state index < -0.39 is 6.04 Å². The zero-order valence-corrected chi connectivity index (χ0v) is 22.0. The molecular weight excluding hydrogens is 499 g/mol. The number of nitrogens with zero attached hydrogens (tertiary/aromatic N) is 5. The molecule has 200 valence electrons. The molecule has 0 bridgehead atoms. The van der Waals surface area contributed by atoms with Crippen molar-refractivity contribution in [2.45, 2.75) is 26.1 Å². The lowest BCUT2D eigenvalue weighted by Crippen LogP contribution is -2.35. The maximum absolute atomic E-state index is 13.6. The van der Waals surface area contributed by atoms with Gasteiger partial charge in [0.15, 0.2) is 17.3 Å². The maximum Gasteiger partial charge on any atom is 0.253 e. The van der Waals surface area contributed by atoms with Crippen molar-refractivity contribution in [2.75, 3.05) is 20.8 Å². The summed E-state index contributed by atoms with van der Waals surface area (Å²) in [5.41, 5.74) is 2.77. The molecule has 1 atom stereocenters. The van der Waals surface area contributed by atoms with Gasteiger partial charge in [0.1, 0.15) is 11.9 Å². The third-order valence-electron chi connectivity index (χ3n) is 6.72. The third-order valence-corrected chi connectivity index (χ3v) is 6.72. The van der Waals surface area contributed by atoms with E-state index in [9.17, 15) is 9.18 Å². The second kappa shape index (κ2) is 11.4. The molecule has 5 rings (SSSR count). The lowest BCUT2D eigenvalue weighted by molar-refractivity contribution is 0.214. The number of ether oxygens (including phenoxy) is 2. The first-order chi connectivity index (χ1) is 19.0. The van der Waals surface area contributed by atoms with Gasteiger partial charge in [-0.25, -0.2) is 9.07 Å². The zero-order valence-electron chi connectivity index (χ0n) is 22.0. The van der Waals surface area contributed by atoms with Crippen LogP contribution in [0.25, 0.3) is 10.9 Å². The smallest absolute Gasteiger partial charge is 0.253 e. The third kappa shape index (κ3) is 5.51. The number of hydrogen-bond acceptors (Lipinski definition) is 7. The molecule has 0 fully saturated rings. The lowest BCUT2D eigenvalue weighted by atomic mass is 10.0. The van der Waals surface area contributed by atoms with Crippen LogP contribution in [0.1, 0.15) is 35.5 Å². The van der Waals surface area contributed by atoms with Crippen molar-refractivity contribution in [3.05, 3.63) is 111 Å². The van der Waals surface area contributed by atoms with Crippen LogP contribution >= 0.6 is 0 Å². The van der Waals surface area contributed by atoms with E-state index >= 15 is 0 Å². The average Bonchev–Trinajstić information content (AvgIpc) is 3.41. The van der Waals surface area contributed by atoms with Crippen LogP contribution in [-0.2, 0) is 13.1 Å². The van der Waals surface area contributed by atoms with Crippen LogP contribution in [0.3, 0.4) is 0 Å². The summed E-state index contributed by atoms with van der Waals surface area (Å²) in [6.07, 6.45) is 0. The standard InChI is InChI=1S/C29H29FN6O3/c1-4-35(17-19-8-6-5-7-9-19)27(28-32-33-34-36(28)18-20-10-12-22(30)13-11-20)23-14-21-15-25(38-2)26(39-3)16-24(21)31-29(23)37/h5-16,27H,4,17-18H2,1-3H3,(H,31,37)/t27-/m1/s1. The number of halogens is 1. The van der Waals surface area contributed by atoms with Gasteiger partial charge in [0.25, 0.3) is 5.56 Å². The monoisotopic (exact) mass is 528 g/mol. The molecule has 0 saturated carbocycles. The van der Waals surface area contributed by atoms with Crippen LogP contribution in [0.15, 0.2) is 77.6 Å². The Morgan fingerprint density at radius 1 is 0.974 bits per heavy atom. The van der Waals surface area contributed by atoms with E-state index in [0.29, 0.717) is 48.0 Å². The summed E-state index contributed by atoms with van der Waals surface area (Å²) in [6, 6.07) is 21.1. The van der Waals surface area contributed by atoms with Gasteiger partial charge in [0.05, 0.1) is 26.3 Å². The average molecular weight is 529 g/mol. The Bertz CT molecular complexity index is 1620. The minimum atomic E-state index is -0.577. The van der Waals surface area contributed by atoms with Gasteiger partial charge in [-0.2, -0.15) is 0 Å². The van der Waals surface area contributed by atoms with Gasteiger partial charge in [-0.05, 0) is 52.4 Å². The Balaban J connectivity index is 1.65. The first-order valence-corrected chi connectivity index (χ1v) is 12.6. The van der Waals surface area contributed by atoms with E-state index in [1.807, 2.05) is 49.4 Å². The number of fused-ring (bicyclic) bond motifs is 1. The SMILES string of the molecule is CCN(Cc1ccccc1)[C@H](c1cc2cc(OC)c(OC)cc2[nH]c1=O)c1nnnn1Cc1ccc(F)cc1. The van der Waals surface area contributed by atoms with E-state index in [4.69, 9.17) is 9.47 Å². The topological polar surface area (TPSA) is 98.2 Å². The predicted octanol–water partition coefficient (Wildman–Crippen LogP) is 4.33. The molecule has 0 radical (unpaired) electrons. The number of pyridine rings is 1. The van der Waals surface area contributed by atoms with Crippen LogP contribution < -0.4 is 15.0 Å². The van der Waals surface area contributed by atoms with E-state index in [-0.39, 0.29) is 11.4 Å². The molecule has 0 saturated heterocycles. The Labute approximate surface area is 224 Å². The molecule has 0 aliphatic carbocycles. The number of aromatic amines is 1. The van der Waals surface area contributed by atoms with Crippen molar-refractivity contribution in [3.8, 4) is 11.5 Å². The first kappa shape index (κ1) is 26.1. The number of rotatable bonds is 10. The molecule has 2 aromatic heterocycles. The molecule has 3 aromatic carbocycles. The highest BCUT2D eigenvalue weighted by Crippen LogP contribution is 2.33. The number of aromatic nitrogens is 5. The molecule has 0 amide bonds. The highest BCUT2D eigenvalue weighted by Gasteiger charge is 2.30. The second-order valence-electron chi connectivity index (χ2n) is 9.12. The quantitative estimate of drug-likeness (QED) is 0.288. The van der Waals surface area contributed by atoms with Crippen molar-refractivity contribution in [3.63, 3.8) is 0 Å². The van der Waals surface area contributed by atoms with Gasteiger partial charge in [0, 0.05) is 23.6 Å². The van der Waals surface area contributed by atoms with Gasteiger partial charge >= 0.3 is 0 Å². The minimum Gasteiger partial charge on any atom is -0.493 e. The highest BCUT2D eigenvalue weighted by atomic mass is 19.1. The van der Waals surface area contributed by atoms with Crippen LogP contribution in [0.2, 0.25) is 0 Å². The predicted molar refractivity (Wildman–Crippen MR) is 145 cm³/mol. The van der Waals surface area contributed by atoms with Crippen molar-refractivity contribution in [1.82, 2.24) is 30.1 Å². The number of H-pyrrole nitrogens is 1. The Hall–Kier alpha value is -4.57. The normalized spacial score (nSPS) is 12.1. The van der Waals surface area contributed by atoms with Crippen molar-refractivity contribution in [2.24, 2.45) is 0 Å². The van der Waals surface area contributed by atoms with E-state index in [1.165, 1.54) is 12.1 Å². The van der Waals surface area contributed by atoms with Gasteiger partial charge in [-0.15, -0.1) is 5.10 Å². The molecule has 5 aromatic rings. The summed E-state index contributed by atoms with van der Waals surface area (Å²) in [5, 5.41) is 13.4. The fourth-order valence-electron chi connectivity index (χ4n) is 4.74. The first-order valence-electron chi connectivity index (χ1n) is 12.6. The minimum absolute atomic E-state index is 0.262. The Morgan fingerprint density at radius 3 is 2.38 bits per heavy atom. The van der Waals surface area contributed by atoms with E-state index in [0.717, 1.165) is 16.5 Å². The fourth-order valence-corrected chi connectivity index (χ4v) is 4.74. The van der Waals surface area contributed by atoms with Crippen molar-refractivity contribution < 1.29 is 13.9 Å². The molecule has 9 nitrogen and oxygen atoms in total. The largest absolute Gasteiger partial charge is 0.493 e. The number of tetrazole rings is 1. The molecular formula is C29H29FN6O3. The van der Waals surface area contributed by atoms with Gasteiger partial charge in [0.2, 0.25) is 0 Å². The number of benzene rings is 3. The molecule has 1 N–H and O–H groups in total. The molecule has 0 aliphatic heterocycles. The summed E-state index contributed by atoms with van der Waals surface area (Å²) < 4.78 is 26.1. The summed E-state index contributed by atoms with van der Waals surface area (Å²) in [7, 11) is 3.12. The summed E-state index contributed by atoms with van der Waals surface area (Å²) in [4.78, 5) is 18.8. The number of methoxy groups -OCH3 is 2. The second-order valence-corrected chi connectivity index (χ2v) is 9.12. The van der Waals surface area contributed by atoms with Crippen molar-refractivity contribution in [1.29, 1.82) is 0 Å². The fraction of sp³-hybridized carbons (Fsp3) is 0.241. The van der Waals surface area contributed by atoms with Gasteiger partial charge in [-0.1, -0.05) is 49.4 Å². The number of nitrogens with one attached hydrogen (secondary N) is 1. The molecule has 0 aliphatic rings. The Morgan fingerprint density at radius 2 is 1.69 bits per heavy atom. The van der Waals surface area contributed by atoms with E-state index in [2.05, 4.69) is 25.4 Å². The van der Waals surface area contributed by atoms with Crippen LogP contribution in [0.4, 0.5) is 4.39 Å². The van der Waals surface area contributed by atoms with Crippen molar-refractivity contribution >= 4 is 10.9 Å². The summed E-state index contributed by atoms with van der Waals surface area (Å²) in [6.45, 7) is 3.53.